The fourth-order valence-electron chi connectivity index (χ4n) is 2.62. The van der Waals surface area contributed by atoms with Gasteiger partial charge in [0.15, 0.2) is 0 Å². The van der Waals surface area contributed by atoms with Crippen molar-refractivity contribution in [3.8, 4) is 11.1 Å². The first-order valence-corrected chi connectivity index (χ1v) is 7.06. The van der Waals surface area contributed by atoms with Crippen molar-refractivity contribution < 1.29 is 0 Å². The standard InChI is InChI=1S/C18H19N3/c1-13-17(12-21(2)20-13)18(19)16-10-8-15(9-11-16)14-6-4-3-5-7-14/h3-12,18H,19H2,1-2H3. The van der Waals surface area contributed by atoms with E-state index in [0.29, 0.717) is 0 Å². The first-order valence-electron chi connectivity index (χ1n) is 7.06. The van der Waals surface area contributed by atoms with E-state index in [1.807, 2.05) is 43.0 Å². The van der Waals surface area contributed by atoms with E-state index in [0.717, 1.165) is 16.8 Å². The lowest BCUT2D eigenvalue weighted by molar-refractivity contribution is 0.756. The van der Waals surface area contributed by atoms with Crippen molar-refractivity contribution in [1.29, 1.82) is 0 Å². The molecule has 1 aromatic heterocycles. The Bertz CT molecular complexity index is 727. The van der Waals surface area contributed by atoms with Crippen LogP contribution in [0.3, 0.4) is 0 Å². The molecule has 0 saturated carbocycles. The smallest absolute Gasteiger partial charge is 0.0644 e. The Morgan fingerprint density at radius 3 is 2.14 bits per heavy atom. The molecule has 0 saturated heterocycles. The largest absolute Gasteiger partial charge is 0.320 e. The van der Waals surface area contributed by atoms with E-state index in [-0.39, 0.29) is 6.04 Å². The Morgan fingerprint density at radius 2 is 1.57 bits per heavy atom. The minimum absolute atomic E-state index is 0.136. The van der Waals surface area contributed by atoms with Crippen LogP contribution in [0.15, 0.2) is 60.8 Å². The summed E-state index contributed by atoms with van der Waals surface area (Å²) in [5.74, 6) is 0. The zero-order valence-electron chi connectivity index (χ0n) is 12.3. The van der Waals surface area contributed by atoms with Crippen LogP contribution >= 0.6 is 0 Å². The van der Waals surface area contributed by atoms with Gasteiger partial charge in [0.25, 0.3) is 0 Å². The molecule has 1 unspecified atom stereocenters. The number of nitrogens with zero attached hydrogens (tertiary/aromatic N) is 2. The lowest BCUT2D eigenvalue weighted by Gasteiger charge is -2.12. The van der Waals surface area contributed by atoms with E-state index in [9.17, 15) is 0 Å². The summed E-state index contributed by atoms with van der Waals surface area (Å²) in [5, 5.41) is 4.36. The monoisotopic (exact) mass is 277 g/mol. The third-order valence-electron chi connectivity index (χ3n) is 3.76. The van der Waals surface area contributed by atoms with Gasteiger partial charge in [-0.05, 0) is 23.6 Å². The fraction of sp³-hybridized carbons (Fsp3) is 0.167. The number of benzene rings is 2. The van der Waals surface area contributed by atoms with Crippen LogP contribution in [-0.2, 0) is 7.05 Å². The molecular weight excluding hydrogens is 258 g/mol. The molecule has 0 amide bonds. The molecule has 2 N–H and O–H groups in total. The average Bonchev–Trinajstić information content (AvgIpc) is 2.86. The molecule has 1 atom stereocenters. The molecule has 0 aliphatic carbocycles. The number of aryl methyl sites for hydroxylation is 2. The van der Waals surface area contributed by atoms with Gasteiger partial charge in [0.05, 0.1) is 11.7 Å². The second kappa shape index (κ2) is 5.54. The van der Waals surface area contributed by atoms with Crippen LogP contribution in [0.5, 0.6) is 0 Å². The first-order chi connectivity index (χ1) is 10.1. The number of nitrogens with two attached hydrogens (primary N) is 1. The normalized spacial score (nSPS) is 12.3. The van der Waals surface area contributed by atoms with E-state index < -0.39 is 0 Å². The maximum absolute atomic E-state index is 6.37. The molecule has 106 valence electrons. The van der Waals surface area contributed by atoms with Crippen molar-refractivity contribution in [2.24, 2.45) is 12.8 Å². The topological polar surface area (TPSA) is 43.8 Å². The summed E-state index contributed by atoms with van der Waals surface area (Å²) in [7, 11) is 1.92. The molecule has 3 rings (SSSR count). The minimum atomic E-state index is -0.136. The molecular formula is C18H19N3. The van der Waals surface area contributed by atoms with Gasteiger partial charge < -0.3 is 5.73 Å². The summed E-state index contributed by atoms with van der Waals surface area (Å²) in [6.07, 6.45) is 1.99. The van der Waals surface area contributed by atoms with Crippen LogP contribution < -0.4 is 5.73 Å². The predicted molar refractivity (Wildman–Crippen MR) is 85.9 cm³/mol. The molecule has 2 aromatic carbocycles. The van der Waals surface area contributed by atoms with Gasteiger partial charge in [-0.2, -0.15) is 5.10 Å². The molecule has 0 aliphatic heterocycles. The summed E-state index contributed by atoms with van der Waals surface area (Å²) in [6, 6.07) is 18.6. The quantitative estimate of drug-likeness (QED) is 0.797. The second-order valence-corrected chi connectivity index (χ2v) is 5.31. The Kier molecular flexibility index (Phi) is 3.59. The fourth-order valence-corrected chi connectivity index (χ4v) is 2.62. The van der Waals surface area contributed by atoms with Crippen molar-refractivity contribution in [3.05, 3.63) is 77.6 Å². The average molecular weight is 277 g/mol. The van der Waals surface area contributed by atoms with Gasteiger partial charge >= 0.3 is 0 Å². The third-order valence-corrected chi connectivity index (χ3v) is 3.76. The van der Waals surface area contributed by atoms with Crippen molar-refractivity contribution in [2.75, 3.05) is 0 Å². The summed E-state index contributed by atoms with van der Waals surface area (Å²) in [4.78, 5) is 0. The lowest BCUT2D eigenvalue weighted by Crippen LogP contribution is -2.12. The number of hydrogen-bond donors (Lipinski definition) is 1. The van der Waals surface area contributed by atoms with Crippen LogP contribution in [-0.4, -0.2) is 9.78 Å². The van der Waals surface area contributed by atoms with Crippen LogP contribution in [0.1, 0.15) is 22.9 Å². The zero-order valence-corrected chi connectivity index (χ0v) is 12.3. The highest BCUT2D eigenvalue weighted by molar-refractivity contribution is 5.63. The maximum atomic E-state index is 6.37. The van der Waals surface area contributed by atoms with Gasteiger partial charge in [-0.3, -0.25) is 4.68 Å². The number of hydrogen-bond acceptors (Lipinski definition) is 2. The first kappa shape index (κ1) is 13.6. The third kappa shape index (κ3) is 2.73. The molecule has 0 radical (unpaired) electrons. The summed E-state index contributed by atoms with van der Waals surface area (Å²) in [5.41, 5.74) is 11.9. The molecule has 0 bridgehead atoms. The Hall–Kier alpha value is -2.39. The van der Waals surface area contributed by atoms with Gasteiger partial charge in [-0.15, -0.1) is 0 Å². The highest BCUT2D eigenvalue weighted by Gasteiger charge is 2.14. The molecule has 0 fully saturated rings. The minimum Gasteiger partial charge on any atom is -0.320 e. The van der Waals surface area contributed by atoms with Crippen LogP contribution in [0, 0.1) is 6.92 Å². The number of rotatable bonds is 3. The van der Waals surface area contributed by atoms with Gasteiger partial charge in [-0.1, -0.05) is 54.6 Å². The predicted octanol–water partition coefficient (Wildman–Crippen LogP) is 3.44. The van der Waals surface area contributed by atoms with Crippen LogP contribution in [0.4, 0.5) is 0 Å². The van der Waals surface area contributed by atoms with E-state index >= 15 is 0 Å². The molecule has 3 heteroatoms. The highest BCUT2D eigenvalue weighted by Crippen LogP contribution is 2.25. The van der Waals surface area contributed by atoms with Crippen molar-refractivity contribution in [2.45, 2.75) is 13.0 Å². The summed E-state index contributed by atoms with van der Waals surface area (Å²) >= 11 is 0. The molecule has 0 aliphatic rings. The van der Waals surface area contributed by atoms with Crippen molar-refractivity contribution >= 4 is 0 Å². The highest BCUT2D eigenvalue weighted by atomic mass is 15.2. The SMILES string of the molecule is Cc1nn(C)cc1C(N)c1ccc(-c2ccccc2)cc1. The Morgan fingerprint density at radius 1 is 0.952 bits per heavy atom. The Balaban J connectivity index is 1.89. The van der Waals surface area contributed by atoms with Gasteiger partial charge in [0.1, 0.15) is 0 Å². The van der Waals surface area contributed by atoms with Gasteiger partial charge in [-0.25, -0.2) is 0 Å². The number of aromatic nitrogens is 2. The summed E-state index contributed by atoms with van der Waals surface area (Å²) < 4.78 is 1.81. The van der Waals surface area contributed by atoms with E-state index in [2.05, 4.69) is 41.5 Å². The van der Waals surface area contributed by atoms with Crippen LogP contribution in [0.2, 0.25) is 0 Å². The van der Waals surface area contributed by atoms with E-state index in [1.165, 1.54) is 11.1 Å². The van der Waals surface area contributed by atoms with Crippen molar-refractivity contribution in [3.63, 3.8) is 0 Å². The molecule has 3 aromatic rings. The molecule has 1 heterocycles. The van der Waals surface area contributed by atoms with Gasteiger partial charge in [0, 0.05) is 18.8 Å². The second-order valence-electron chi connectivity index (χ2n) is 5.31. The van der Waals surface area contributed by atoms with E-state index in [4.69, 9.17) is 5.73 Å². The molecule has 3 nitrogen and oxygen atoms in total. The maximum Gasteiger partial charge on any atom is 0.0644 e. The zero-order chi connectivity index (χ0) is 14.8. The van der Waals surface area contributed by atoms with Gasteiger partial charge in [0.2, 0.25) is 0 Å². The van der Waals surface area contributed by atoms with E-state index in [1.54, 1.807) is 0 Å². The molecule has 0 spiro atoms. The van der Waals surface area contributed by atoms with Crippen molar-refractivity contribution in [1.82, 2.24) is 9.78 Å². The Labute approximate surface area is 125 Å². The van der Waals surface area contributed by atoms with Crippen LogP contribution in [0.25, 0.3) is 11.1 Å². The molecule has 21 heavy (non-hydrogen) atoms. The summed E-state index contributed by atoms with van der Waals surface area (Å²) in [6.45, 7) is 1.99. The lowest BCUT2D eigenvalue weighted by atomic mass is 9.97.